The van der Waals surface area contributed by atoms with Crippen LogP contribution in [-0.4, -0.2) is 66.9 Å². The van der Waals surface area contributed by atoms with Crippen molar-refractivity contribution in [2.24, 2.45) is 5.10 Å². The molecule has 0 saturated carbocycles. The summed E-state index contributed by atoms with van der Waals surface area (Å²) >= 11 is 3.31. The zero-order chi connectivity index (χ0) is 20.9. The Hall–Kier alpha value is -2.14. The normalized spacial score (nSPS) is 16.6. The van der Waals surface area contributed by atoms with E-state index in [0.717, 1.165) is 10.0 Å². The minimum atomic E-state index is -3.53. The van der Waals surface area contributed by atoms with E-state index in [1.165, 1.54) is 4.31 Å². The van der Waals surface area contributed by atoms with E-state index in [1.807, 2.05) is 11.0 Å². The standard InChI is InChI=1S/C19H22BrN5O3S/c1-15(16-3-2-8-21-13-16)22-23-19(26)14-24-9-11-25(12-10-24)29(27,28)18-6-4-17(20)5-7-18/h2-8,13H,9-12,14H2,1H3,(H,23,26)/b22-15+. The Morgan fingerprint density at radius 1 is 1.17 bits per heavy atom. The lowest BCUT2D eigenvalue weighted by Gasteiger charge is -2.33. The number of hydrogen-bond acceptors (Lipinski definition) is 6. The third kappa shape index (κ3) is 5.69. The summed E-state index contributed by atoms with van der Waals surface area (Å²) < 4.78 is 27.7. The lowest BCUT2D eigenvalue weighted by Crippen LogP contribution is -2.50. The molecule has 0 unspecified atom stereocenters. The quantitative estimate of drug-likeness (QED) is 0.502. The van der Waals surface area contributed by atoms with Crippen LogP contribution in [0.5, 0.6) is 0 Å². The minimum Gasteiger partial charge on any atom is -0.292 e. The van der Waals surface area contributed by atoms with Gasteiger partial charge in [0.2, 0.25) is 10.0 Å². The maximum Gasteiger partial charge on any atom is 0.254 e. The molecule has 1 amide bonds. The highest BCUT2D eigenvalue weighted by Crippen LogP contribution is 2.20. The van der Waals surface area contributed by atoms with Gasteiger partial charge in [-0.25, -0.2) is 13.8 Å². The number of halogens is 1. The largest absolute Gasteiger partial charge is 0.292 e. The molecule has 10 heteroatoms. The van der Waals surface area contributed by atoms with Gasteiger partial charge < -0.3 is 0 Å². The molecule has 154 valence electrons. The fourth-order valence-corrected chi connectivity index (χ4v) is 4.60. The zero-order valence-electron chi connectivity index (χ0n) is 16.0. The number of hydrazone groups is 1. The SMILES string of the molecule is C/C(=N\NC(=O)CN1CCN(S(=O)(=O)c2ccc(Br)cc2)CC1)c1cccnc1. The Morgan fingerprint density at radius 2 is 1.86 bits per heavy atom. The van der Waals surface area contributed by atoms with E-state index < -0.39 is 10.0 Å². The van der Waals surface area contributed by atoms with Gasteiger partial charge in [-0.2, -0.15) is 9.41 Å². The maximum absolute atomic E-state index is 12.7. The van der Waals surface area contributed by atoms with Gasteiger partial charge in [0.25, 0.3) is 5.91 Å². The van der Waals surface area contributed by atoms with E-state index in [-0.39, 0.29) is 17.3 Å². The number of aromatic nitrogens is 1. The molecule has 0 spiro atoms. The number of rotatable bonds is 6. The van der Waals surface area contributed by atoms with Crippen LogP contribution in [0, 0.1) is 0 Å². The van der Waals surface area contributed by atoms with E-state index in [0.29, 0.717) is 31.9 Å². The number of piperazine rings is 1. The summed E-state index contributed by atoms with van der Waals surface area (Å²) in [6.07, 6.45) is 3.35. The number of pyridine rings is 1. The van der Waals surface area contributed by atoms with Crippen molar-refractivity contribution in [3.8, 4) is 0 Å². The topological polar surface area (TPSA) is 95.0 Å². The molecule has 0 bridgehead atoms. The molecule has 3 rings (SSSR count). The molecule has 1 aliphatic rings. The second-order valence-electron chi connectivity index (χ2n) is 6.61. The number of hydrogen-bond donors (Lipinski definition) is 1. The first kappa shape index (κ1) is 21.6. The Balaban J connectivity index is 1.50. The lowest BCUT2D eigenvalue weighted by molar-refractivity contribution is -0.122. The summed E-state index contributed by atoms with van der Waals surface area (Å²) in [6.45, 7) is 3.59. The first-order chi connectivity index (χ1) is 13.9. The van der Waals surface area contributed by atoms with Crippen molar-refractivity contribution in [2.75, 3.05) is 32.7 Å². The second-order valence-corrected chi connectivity index (χ2v) is 9.46. The average Bonchev–Trinajstić information content (AvgIpc) is 2.73. The molecule has 1 saturated heterocycles. The number of benzene rings is 1. The highest BCUT2D eigenvalue weighted by Gasteiger charge is 2.28. The van der Waals surface area contributed by atoms with Crippen molar-refractivity contribution in [1.29, 1.82) is 0 Å². The van der Waals surface area contributed by atoms with Crippen LogP contribution in [0.2, 0.25) is 0 Å². The summed E-state index contributed by atoms with van der Waals surface area (Å²) in [5.74, 6) is -0.238. The molecule has 1 N–H and O–H groups in total. The molecular weight excluding hydrogens is 458 g/mol. The molecular formula is C19H22BrN5O3S. The predicted octanol–water partition coefficient (Wildman–Crippen LogP) is 1.69. The fourth-order valence-electron chi connectivity index (χ4n) is 2.91. The van der Waals surface area contributed by atoms with Crippen LogP contribution in [0.25, 0.3) is 0 Å². The molecule has 0 atom stereocenters. The van der Waals surface area contributed by atoms with Gasteiger partial charge in [-0.05, 0) is 37.3 Å². The third-order valence-corrected chi connectivity index (χ3v) is 7.02. The van der Waals surface area contributed by atoms with E-state index in [1.54, 1.807) is 49.6 Å². The van der Waals surface area contributed by atoms with Gasteiger partial charge in [0.1, 0.15) is 0 Å². The van der Waals surface area contributed by atoms with Gasteiger partial charge in [-0.1, -0.05) is 22.0 Å². The Labute approximate surface area is 178 Å². The highest BCUT2D eigenvalue weighted by molar-refractivity contribution is 9.10. The number of amides is 1. The van der Waals surface area contributed by atoms with Crippen LogP contribution in [-0.2, 0) is 14.8 Å². The molecule has 1 fully saturated rings. The Kier molecular flexibility index (Phi) is 7.12. The molecule has 1 aliphatic heterocycles. The summed E-state index contributed by atoms with van der Waals surface area (Å²) in [6, 6.07) is 10.3. The number of nitrogens with zero attached hydrogens (tertiary/aromatic N) is 4. The van der Waals surface area contributed by atoms with Gasteiger partial charge in [0, 0.05) is 48.6 Å². The minimum absolute atomic E-state index is 0.163. The summed E-state index contributed by atoms with van der Waals surface area (Å²) in [4.78, 5) is 18.4. The summed E-state index contributed by atoms with van der Waals surface area (Å²) in [7, 11) is -3.53. The van der Waals surface area contributed by atoms with Gasteiger partial charge >= 0.3 is 0 Å². The van der Waals surface area contributed by atoms with Crippen molar-refractivity contribution in [3.05, 3.63) is 58.8 Å². The Bertz CT molecular complexity index is 973. The smallest absolute Gasteiger partial charge is 0.254 e. The lowest BCUT2D eigenvalue weighted by atomic mass is 10.2. The van der Waals surface area contributed by atoms with Gasteiger partial charge in [-0.15, -0.1) is 0 Å². The number of carbonyl (C=O) groups excluding carboxylic acids is 1. The summed E-state index contributed by atoms with van der Waals surface area (Å²) in [5.41, 5.74) is 4.04. The summed E-state index contributed by atoms with van der Waals surface area (Å²) in [5, 5.41) is 4.10. The van der Waals surface area contributed by atoms with Crippen molar-refractivity contribution in [2.45, 2.75) is 11.8 Å². The number of carbonyl (C=O) groups is 1. The van der Waals surface area contributed by atoms with Crippen LogP contribution in [0.3, 0.4) is 0 Å². The molecule has 29 heavy (non-hydrogen) atoms. The van der Waals surface area contributed by atoms with Gasteiger partial charge in [-0.3, -0.25) is 14.7 Å². The predicted molar refractivity (Wildman–Crippen MR) is 114 cm³/mol. The first-order valence-electron chi connectivity index (χ1n) is 9.08. The zero-order valence-corrected chi connectivity index (χ0v) is 18.4. The molecule has 0 aliphatic carbocycles. The highest BCUT2D eigenvalue weighted by atomic mass is 79.9. The van der Waals surface area contributed by atoms with Crippen LogP contribution in [0.1, 0.15) is 12.5 Å². The van der Waals surface area contributed by atoms with Crippen LogP contribution in [0.15, 0.2) is 63.3 Å². The van der Waals surface area contributed by atoms with Gasteiger partial charge in [0.05, 0.1) is 17.2 Å². The number of nitrogens with one attached hydrogen (secondary N) is 1. The van der Waals surface area contributed by atoms with Crippen LogP contribution < -0.4 is 5.43 Å². The van der Waals surface area contributed by atoms with E-state index >= 15 is 0 Å². The number of sulfonamides is 1. The first-order valence-corrected chi connectivity index (χ1v) is 11.3. The second kappa shape index (κ2) is 9.57. The fraction of sp³-hybridized carbons (Fsp3) is 0.316. The van der Waals surface area contributed by atoms with Crippen molar-refractivity contribution >= 4 is 37.6 Å². The molecule has 8 nitrogen and oxygen atoms in total. The molecule has 1 aromatic heterocycles. The van der Waals surface area contributed by atoms with E-state index in [4.69, 9.17) is 0 Å². The van der Waals surface area contributed by atoms with Crippen molar-refractivity contribution in [1.82, 2.24) is 19.6 Å². The Morgan fingerprint density at radius 3 is 2.48 bits per heavy atom. The molecule has 1 aromatic carbocycles. The van der Waals surface area contributed by atoms with Crippen LogP contribution in [0.4, 0.5) is 0 Å². The van der Waals surface area contributed by atoms with Crippen molar-refractivity contribution < 1.29 is 13.2 Å². The van der Waals surface area contributed by atoms with Crippen LogP contribution >= 0.6 is 15.9 Å². The third-order valence-electron chi connectivity index (χ3n) is 4.58. The van der Waals surface area contributed by atoms with Crippen molar-refractivity contribution in [3.63, 3.8) is 0 Å². The molecule has 2 aromatic rings. The molecule has 2 heterocycles. The van der Waals surface area contributed by atoms with E-state index in [9.17, 15) is 13.2 Å². The monoisotopic (exact) mass is 479 g/mol. The average molecular weight is 480 g/mol. The van der Waals surface area contributed by atoms with E-state index in [2.05, 4.69) is 31.4 Å². The van der Waals surface area contributed by atoms with Gasteiger partial charge in [0.15, 0.2) is 0 Å². The molecule has 0 radical (unpaired) electrons. The maximum atomic E-state index is 12.7.